The summed E-state index contributed by atoms with van der Waals surface area (Å²) in [6, 6.07) is 9.54. The summed E-state index contributed by atoms with van der Waals surface area (Å²) in [4.78, 5) is 22.5. The Hall–Kier alpha value is -3.22. The number of nitrogens with one attached hydrogen (secondary N) is 1. The van der Waals surface area contributed by atoms with Gasteiger partial charge in [-0.25, -0.2) is 0 Å². The van der Waals surface area contributed by atoms with Crippen LogP contribution < -0.4 is 10.2 Å². The van der Waals surface area contributed by atoms with Crippen LogP contribution in [0.5, 0.6) is 0 Å². The molecule has 3 rings (SSSR count). The van der Waals surface area contributed by atoms with E-state index in [0.29, 0.717) is 18.1 Å². The van der Waals surface area contributed by atoms with Gasteiger partial charge in [-0.05, 0) is 42.8 Å². The van der Waals surface area contributed by atoms with E-state index in [2.05, 4.69) is 20.4 Å². The summed E-state index contributed by atoms with van der Waals surface area (Å²) in [5.41, 5.74) is 3.75. The summed E-state index contributed by atoms with van der Waals surface area (Å²) in [5.74, 6) is 0.846. The van der Waals surface area contributed by atoms with Gasteiger partial charge in [0.15, 0.2) is 0 Å². The number of aromatic nitrogens is 3. The van der Waals surface area contributed by atoms with Crippen molar-refractivity contribution in [3.63, 3.8) is 0 Å². The Morgan fingerprint density at radius 2 is 1.96 bits per heavy atom. The predicted molar refractivity (Wildman–Crippen MR) is 100.0 cm³/mol. The lowest BCUT2D eigenvalue weighted by molar-refractivity contribution is -0.116. The fourth-order valence-electron chi connectivity index (χ4n) is 2.47. The average Bonchev–Trinajstić information content (AvgIpc) is 3.11. The Labute approximate surface area is 152 Å². The molecule has 1 N–H and O–H groups in total. The van der Waals surface area contributed by atoms with Gasteiger partial charge in [-0.1, -0.05) is 5.16 Å². The molecule has 0 aliphatic heterocycles. The molecule has 0 fully saturated rings. The van der Waals surface area contributed by atoms with E-state index < -0.39 is 0 Å². The molecule has 1 amide bonds. The molecule has 0 saturated heterocycles. The number of carbonyl (C=O) groups excluding carboxylic acids is 1. The van der Waals surface area contributed by atoms with Crippen LogP contribution in [0, 0.1) is 6.92 Å². The van der Waals surface area contributed by atoms with Crippen LogP contribution in [-0.4, -0.2) is 35.1 Å². The van der Waals surface area contributed by atoms with E-state index >= 15 is 0 Å². The molecule has 7 nitrogen and oxygen atoms in total. The summed E-state index contributed by atoms with van der Waals surface area (Å²) >= 11 is 0. The molecule has 0 aliphatic rings. The number of rotatable bonds is 6. The van der Waals surface area contributed by atoms with Crippen LogP contribution >= 0.6 is 0 Å². The lowest BCUT2D eigenvalue weighted by Crippen LogP contribution is -2.14. The second kappa shape index (κ2) is 7.77. The number of anilines is 2. The van der Waals surface area contributed by atoms with Crippen LogP contribution in [0.1, 0.15) is 17.9 Å². The Kier molecular flexibility index (Phi) is 5.26. The second-order valence-electron chi connectivity index (χ2n) is 6.19. The molecule has 3 aromatic rings. The van der Waals surface area contributed by atoms with Gasteiger partial charge in [0.1, 0.15) is 0 Å². The number of hydrogen-bond donors (Lipinski definition) is 1. The normalized spacial score (nSPS) is 10.6. The fourth-order valence-corrected chi connectivity index (χ4v) is 2.47. The molecule has 1 aromatic carbocycles. The molecule has 0 spiro atoms. The van der Waals surface area contributed by atoms with Crippen molar-refractivity contribution in [2.75, 3.05) is 24.3 Å². The van der Waals surface area contributed by atoms with Crippen LogP contribution in [0.4, 0.5) is 11.4 Å². The van der Waals surface area contributed by atoms with Gasteiger partial charge in [0, 0.05) is 56.3 Å². The van der Waals surface area contributed by atoms with Gasteiger partial charge >= 0.3 is 0 Å². The molecule has 7 heteroatoms. The SMILES string of the molecule is Cc1cc(N(C)C)ccc1NC(=O)CCc1nc(-c2ccncc2)no1. The van der Waals surface area contributed by atoms with E-state index in [1.165, 1.54) is 0 Å². The molecule has 0 saturated carbocycles. The van der Waals surface area contributed by atoms with Crippen LogP contribution in [0.25, 0.3) is 11.4 Å². The highest BCUT2D eigenvalue weighted by Crippen LogP contribution is 2.21. The lowest BCUT2D eigenvalue weighted by Gasteiger charge is -2.15. The van der Waals surface area contributed by atoms with Crippen molar-refractivity contribution in [2.24, 2.45) is 0 Å². The second-order valence-corrected chi connectivity index (χ2v) is 6.19. The maximum absolute atomic E-state index is 12.2. The molecule has 0 bridgehead atoms. The van der Waals surface area contributed by atoms with Crippen molar-refractivity contribution in [3.8, 4) is 11.4 Å². The molecule has 2 heterocycles. The summed E-state index contributed by atoms with van der Waals surface area (Å²) in [5, 5.41) is 6.87. The average molecular weight is 351 g/mol. The van der Waals surface area contributed by atoms with Crippen LogP contribution in [0.3, 0.4) is 0 Å². The van der Waals surface area contributed by atoms with E-state index in [9.17, 15) is 4.79 Å². The summed E-state index contributed by atoms with van der Waals surface area (Å²) in [6.45, 7) is 1.97. The van der Waals surface area contributed by atoms with Crippen LogP contribution in [0.15, 0.2) is 47.2 Å². The molecule has 0 radical (unpaired) electrons. The zero-order chi connectivity index (χ0) is 18.5. The first kappa shape index (κ1) is 17.6. The van der Waals surface area contributed by atoms with Gasteiger partial charge < -0.3 is 14.7 Å². The highest BCUT2D eigenvalue weighted by atomic mass is 16.5. The Morgan fingerprint density at radius 3 is 2.65 bits per heavy atom. The van der Waals surface area contributed by atoms with Crippen molar-refractivity contribution in [2.45, 2.75) is 19.8 Å². The number of carbonyl (C=O) groups is 1. The minimum Gasteiger partial charge on any atom is -0.378 e. The molecule has 0 atom stereocenters. The van der Waals surface area contributed by atoms with E-state index in [0.717, 1.165) is 22.5 Å². The number of amides is 1. The Balaban J connectivity index is 1.57. The van der Waals surface area contributed by atoms with Crippen LogP contribution in [0.2, 0.25) is 0 Å². The maximum atomic E-state index is 12.2. The number of pyridine rings is 1. The first-order valence-corrected chi connectivity index (χ1v) is 8.34. The fraction of sp³-hybridized carbons (Fsp3) is 0.263. The van der Waals surface area contributed by atoms with Crippen molar-refractivity contribution in [1.29, 1.82) is 0 Å². The third-order valence-corrected chi connectivity index (χ3v) is 3.97. The summed E-state index contributed by atoms with van der Waals surface area (Å²) < 4.78 is 5.22. The Bertz CT molecular complexity index is 890. The standard InChI is InChI=1S/C19H21N5O2/c1-13-12-15(24(2)3)4-5-16(13)21-17(25)6-7-18-22-19(23-26-18)14-8-10-20-11-9-14/h4-5,8-12H,6-7H2,1-3H3,(H,21,25). The zero-order valence-electron chi connectivity index (χ0n) is 15.1. The topological polar surface area (TPSA) is 84.2 Å². The molecule has 26 heavy (non-hydrogen) atoms. The van der Waals surface area contributed by atoms with Gasteiger partial charge in [0.25, 0.3) is 0 Å². The molecular formula is C19H21N5O2. The van der Waals surface area contributed by atoms with Crippen molar-refractivity contribution >= 4 is 17.3 Å². The van der Waals surface area contributed by atoms with Gasteiger partial charge in [0.2, 0.25) is 17.6 Å². The minimum atomic E-state index is -0.0886. The van der Waals surface area contributed by atoms with Gasteiger partial charge in [-0.15, -0.1) is 0 Å². The van der Waals surface area contributed by atoms with Crippen molar-refractivity contribution in [3.05, 3.63) is 54.2 Å². The first-order valence-electron chi connectivity index (χ1n) is 8.34. The highest BCUT2D eigenvalue weighted by molar-refractivity contribution is 5.91. The Morgan fingerprint density at radius 1 is 1.19 bits per heavy atom. The quantitative estimate of drug-likeness (QED) is 0.735. The van der Waals surface area contributed by atoms with E-state index in [1.54, 1.807) is 12.4 Å². The van der Waals surface area contributed by atoms with E-state index in [-0.39, 0.29) is 12.3 Å². The first-order chi connectivity index (χ1) is 12.5. The number of aryl methyl sites for hydroxylation is 2. The number of benzene rings is 1. The van der Waals surface area contributed by atoms with Crippen molar-refractivity contribution < 1.29 is 9.32 Å². The number of hydrogen-bond acceptors (Lipinski definition) is 6. The van der Waals surface area contributed by atoms with Gasteiger partial charge in [-0.3, -0.25) is 9.78 Å². The third-order valence-electron chi connectivity index (χ3n) is 3.97. The van der Waals surface area contributed by atoms with Crippen molar-refractivity contribution in [1.82, 2.24) is 15.1 Å². The maximum Gasteiger partial charge on any atom is 0.227 e. The van der Waals surface area contributed by atoms with E-state index in [1.807, 2.05) is 56.3 Å². The molecule has 0 aliphatic carbocycles. The third kappa shape index (κ3) is 4.24. The highest BCUT2D eigenvalue weighted by Gasteiger charge is 2.11. The summed E-state index contributed by atoms with van der Waals surface area (Å²) in [7, 11) is 3.97. The monoisotopic (exact) mass is 351 g/mol. The summed E-state index contributed by atoms with van der Waals surface area (Å²) in [6.07, 6.45) is 4.00. The molecule has 0 unspecified atom stereocenters. The van der Waals surface area contributed by atoms with Gasteiger partial charge in [0.05, 0.1) is 0 Å². The minimum absolute atomic E-state index is 0.0886. The largest absolute Gasteiger partial charge is 0.378 e. The molecule has 2 aromatic heterocycles. The lowest BCUT2D eigenvalue weighted by atomic mass is 10.1. The zero-order valence-corrected chi connectivity index (χ0v) is 15.1. The van der Waals surface area contributed by atoms with Gasteiger partial charge in [-0.2, -0.15) is 4.98 Å². The molecular weight excluding hydrogens is 330 g/mol. The smallest absolute Gasteiger partial charge is 0.227 e. The molecule has 134 valence electrons. The van der Waals surface area contributed by atoms with E-state index in [4.69, 9.17) is 4.52 Å². The van der Waals surface area contributed by atoms with Crippen LogP contribution in [-0.2, 0) is 11.2 Å². The predicted octanol–water partition coefficient (Wildman–Crippen LogP) is 3.08. The number of nitrogens with zero attached hydrogens (tertiary/aromatic N) is 4.